The second-order valence-electron chi connectivity index (χ2n) is 4.26. The first-order valence-electron chi connectivity index (χ1n) is 5.58. The molecule has 0 radical (unpaired) electrons. The third-order valence-corrected chi connectivity index (χ3v) is 3.08. The van der Waals surface area contributed by atoms with Crippen LogP contribution in [0.25, 0.3) is 10.9 Å². The van der Waals surface area contributed by atoms with Crippen LogP contribution in [0.15, 0.2) is 30.3 Å². The fraction of sp³-hybridized carbons (Fsp3) is 0.231. The lowest BCUT2D eigenvalue weighted by Crippen LogP contribution is -2.16. The molecule has 1 aliphatic rings. The van der Waals surface area contributed by atoms with Crippen LogP contribution in [-0.4, -0.2) is 16.1 Å². The molecule has 1 atom stereocenters. The highest BCUT2D eigenvalue weighted by Crippen LogP contribution is 2.28. The van der Waals surface area contributed by atoms with Crippen LogP contribution in [0.3, 0.4) is 0 Å². The predicted octanol–water partition coefficient (Wildman–Crippen LogP) is 1.85. The van der Waals surface area contributed by atoms with E-state index >= 15 is 0 Å². The van der Waals surface area contributed by atoms with Gasteiger partial charge in [-0.25, -0.2) is 0 Å². The highest BCUT2D eigenvalue weighted by atomic mass is 16.4. The number of nitrogens with zero attached hydrogens (tertiary/aromatic N) is 1. The second kappa shape index (κ2) is 3.82. The number of para-hydroxylation sites is 1. The van der Waals surface area contributed by atoms with Crippen molar-refractivity contribution >= 4 is 16.9 Å². The molecule has 0 spiro atoms. The molecule has 2 N–H and O–H groups in total. The number of benzene rings is 1. The number of hydrogen-bond donors (Lipinski definition) is 2. The van der Waals surface area contributed by atoms with Gasteiger partial charge in [0, 0.05) is 11.9 Å². The summed E-state index contributed by atoms with van der Waals surface area (Å²) < 4.78 is 0. The van der Waals surface area contributed by atoms with Gasteiger partial charge >= 0.3 is 5.97 Å². The molecule has 17 heavy (non-hydrogen) atoms. The molecule has 2 aromatic rings. The minimum Gasteiger partial charge on any atom is -0.481 e. The number of hydrogen-bond acceptors (Lipinski definition) is 3. The van der Waals surface area contributed by atoms with E-state index in [4.69, 9.17) is 5.11 Å². The summed E-state index contributed by atoms with van der Waals surface area (Å²) in [6, 6.07) is 9.82. The highest BCUT2D eigenvalue weighted by molar-refractivity contribution is 5.80. The van der Waals surface area contributed by atoms with Gasteiger partial charge in [0.25, 0.3) is 0 Å². The Hall–Kier alpha value is -1.94. The van der Waals surface area contributed by atoms with E-state index in [1.54, 1.807) is 0 Å². The molecule has 0 amide bonds. The minimum atomic E-state index is -0.801. The number of aromatic nitrogens is 1. The largest absolute Gasteiger partial charge is 0.481 e. The Labute approximate surface area is 98.3 Å². The Balaban J connectivity index is 2.08. The second-order valence-corrected chi connectivity index (χ2v) is 4.26. The topological polar surface area (TPSA) is 62.2 Å². The smallest absolute Gasteiger partial charge is 0.305 e. The lowest BCUT2D eigenvalue weighted by molar-refractivity contribution is -0.137. The first-order chi connectivity index (χ1) is 8.24. The molecular weight excluding hydrogens is 216 g/mol. The number of aliphatic carboxylic acids is 1. The molecular formula is C13H12N2O2. The van der Waals surface area contributed by atoms with Crippen LogP contribution in [0.2, 0.25) is 0 Å². The van der Waals surface area contributed by atoms with E-state index < -0.39 is 5.97 Å². The molecule has 1 aliphatic heterocycles. The fourth-order valence-corrected chi connectivity index (χ4v) is 2.29. The van der Waals surface area contributed by atoms with Gasteiger partial charge in [0.15, 0.2) is 0 Å². The van der Waals surface area contributed by atoms with E-state index in [-0.39, 0.29) is 12.5 Å². The van der Waals surface area contributed by atoms with Crippen LogP contribution in [0.1, 0.15) is 23.7 Å². The summed E-state index contributed by atoms with van der Waals surface area (Å²) in [5.74, 6) is -0.801. The van der Waals surface area contributed by atoms with Crippen molar-refractivity contribution in [1.29, 1.82) is 0 Å². The van der Waals surface area contributed by atoms with E-state index in [1.165, 1.54) is 0 Å². The van der Waals surface area contributed by atoms with Crippen LogP contribution < -0.4 is 5.32 Å². The molecule has 0 saturated carbocycles. The number of fused-ring (bicyclic) bond motifs is 2. The molecule has 4 heteroatoms. The van der Waals surface area contributed by atoms with Crippen molar-refractivity contribution in [2.45, 2.75) is 19.0 Å². The SMILES string of the molecule is O=C(O)C[C@H]1NCc2cc3ccccc3nc21. The van der Waals surface area contributed by atoms with E-state index in [1.807, 2.05) is 24.3 Å². The number of nitrogens with one attached hydrogen (secondary N) is 1. The number of pyridine rings is 1. The van der Waals surface area contributed by atoms with Crippen LogP contribution in [0.5, 0.6) is 0 Å². The number of carbonyl (C=O) groups is 1. The quantitative estimate of drug-likeness (QED) is 0.823. The molecule has 86 valence electrons. The average Bonchev–Trinajstić information content (AvgIpc) is 2.68. The van der Waals surface area contributed by atoms with Crippen LogP contribution >= 0.6 is 0 Å². The van der Waals surface area contributed by atoms with Crippen LogP contribution in [-0.2, 0) is 11.3 Å². The van der Waals surface area contributed by atoms with Gasteiger partial charge in [0.1, 0.15) is 0 Å². The number of carboxylic acids is 1. The molecule has 0 unspecified atom stereocenters. The summed E-state index contributed by atoms with van der Waals surface area (Å²) in [4.78, 5) is 15.3. The third-order valence-electron chi connectivity index (χ3n) is 3.08. The maximum Gasteiger partial charge on any atom is 0.305 e. The first kappa shape index (κ1) is 10.2. The fourth-order valence-electron chi connectivity index (χ4n) is 2.29. The first-order valence-corrected chi connectivity index (χ1v) is 5.58. The Morgan fingerprint density at radius 1 is 1.47 bits per heavy atom. The summed E-state index contributed by atoms with van der Waals surface area (Å²) in [6.45, 7) is 0.700. The maximum absolute atomic E-state index is 10.8. The summed E-state index contributed by atoms with van der Waals surface area (Å²) in [6.07, 6.45) is 0.0817. The van der Waals surface area contributed by atoms with Crippen molar-refractivity contribution in [3.05, 3.63) is 41.6 Å². The molecule has 0 fully saturated rings. The normalized spacial score (nSPS) is 18.2. The Morgan fingerprint density at radius 3 is 3.12 bits per heavy atom. The van der Waals surface area contributed by atoms with Crippen LogP contribution in [0.4, 0.5) is 0 Å². The van der Waals surface area contributed by atoms with Crippen molar-refractivity contribution in [3.8, 4) is 0 Å². The van der Waals surface area contributed by atoms with E-state index in [0.29, 0.717) is 6.54 Å². The predicted molar refractivity (Wildman–Crippen MR) is 63.6 cm³/mol. The molecule has 0 saturated heterocycles. The van der Waals surface area contributed by atoms with Gasteiger partial charge in [-0.1, -0.05) is 18.2 Å². The summed E-state index contributed by atoms with van der Waals surface area (Å²) in [7, 11) is 0. The zero-order chi connectivity index (χ0) is 11.8. The zero-order valence-electron chi connectivity index (χ0n) is 9.18. The van der Waals surface area contributed by atoms with Gasteiger partial charge in [0.05, 0.1) is 23.7 Å². The zero-order valence-corrected chi connectivity index (χ0v) is 9.18. The standard InChI is InChI=1S/C13H12N2O2/c16-12(17)6-11-13-9(7-14-11)5-8-3-1-2-4-10(8)15-13/h1-5,11,14H,6-7H2,(H,16,17)/t11-/m1/s1. The van der Waals surface area contributed by atoms with Crippen molar-refractivity contribution in [2.24, 2.45) is 0 Å². The van der Waals surface area contributed by atoms with Crippen molar-refractivity contribution in [2.75, 3.05) is 0 Å². The number of rotatable bonds is 2. The van der Waals surface area contributed by atoms with E-state index in [2.05, 4.69) is 16.4 Å². The monoisotopic (exact) mass is 228 g/mol. The van der Waals surface area contributed by atoms with Crippen LogP contribution in [0, 0.1) is 0 Å². The molecule has 3 rings (SSSR count). The molecule has 4 nitrogen and oxygen atoms in total. The van der Waals surface area contributed by atoms with Gasteiger partial charge < -0.3 is 10.4 Å². The number of carboxylic acid groups (broad SMARTS) is 1. The summed E-state index contributed by atoms with van der Waals surface area (Å²) in [5, 5.41) is 13.1. The Kier molecular flexibility index (Phi) is 2.30. The molecule has 2 heterocycles. The minimum absolute atomic E-state index is 0.0817. The van der Waals surface area contributed by atoms with Crippen molar-refractivity contribution < 1.29 is 9.90 Å². The van der Waals surface area contributed by atoms with Gasteiger partial charge in [0.2, 0.25) is 0 Å². The summed E-state index contributed by atoms with van der Waals surface area (Å²) in [5.41, 5.74) is 2.91. The molecule has 1 aromatic heterocycles. The summed E-state index contributed by atoms with van der Waals surface area (Å²) >= 11 is 0. The average molecular weight is 228 g/mol. The Morgan fingerprint density at radius 2 is 2.29 bits per heavy atom. The highest BCUT2D eigenvalue weighted by Gasteiger charge is 2.25. The lowest BCUT2D eigenvalue weighted by atomic mass is 10.1. The van der Waals surface area contributed by atoms with E-state index in [9.17, 15) is 4.79 Å². The van der Waals surface area contributed by atoms with Gasteiger partial charge in [-0.05, 0) is 17.7 Å². The lowest BCUT2D eigenvalue weighted by Gasteiger charge is -2.08. The van der Waals surface area contributed by atoms with E-state index in [0.717, 1.165) is 22.2 Å². The maximum atomic E-state index is 10.8. The Bertz CT molecular complexity index is 595. The molecule has 0 aliphatic carbocycles. The molecule has 1 aromatic carbocycles. The molecule has 0 bridgehead atoms. The van der Waals surface area contributed by atoms with Crippen molar-refractivity contribution in [1.82, 2.24) is 10.3 Å². The van der Waals surface area contributed by atoms with Gasteiger partial charge in [-0.3, -0.25) is 9.78 Å². The van der Waals surface area contributed by atoms with Gasteiger partial charge in [-0.2, -0.15) is 0 Å². The third kappa shape index (κ3) is 1.76. The van der Waals surface area contributed by atoms with Gasteiger partial charge in [-0.15, -0.1) is 0 Å². The van der Waals surface area contributed by atoms with Crippen molar-refractivity contribution in [3.63, 3.8) is 0 Å².